The van der Waals surface area contributed by atoms with Crippen molar-refractivity contribution in [3.63, 3.8) is 0 Å². The molecule has 4 saturated carbocycles. The van der Waals surface area contributed by atoms with E-state index < -0.39 is 0 Å². The summed E-state index contributed by atoms with van der Waals surface area (Å²) in [4.78, 5) is 11.4. The fourth-order valence-corrected chi connectivity index (χ4v) is 10.0. The van der Waals surface area contributed by atoms with Gasteiger partial charge in [0.1, 0.15) is 6.10 Å². The van der Waals surface area contributed by atoms with E-state index in [4.69, 9.17) is 16.3 Å². The zero-order chi connectivity index (χ0) is 23.3. The van der Waals surface area contributed by atoms with E-state index >= 15 is 0 Å². The number of halogens is 1. The van der Waals surface area contributed by atoms with Gasteiger partial charge in [0.25, 0.3) is 0 Å². The van der Waals surface area contributed by atoms with E-state index in [1.807, 2.05) is 0 Å². The van der Waals surface area contributed by atoms with Crippen molar-refractivity contribution in [3.8, 4) is 0 Å². The molecular weight excluding hydrogens is 416 g/mol. The molecule has 0 radical (unpaired) electrons. The summed E-state index contributed by atoms with van der Waals surface area (Å²) >= 11 is 7.46. The average molecular weight is 465 g/mol. The fourth-order valence-electron chi connectivity index (χ4n) is 9.52. The number of carbonyl (C=O) groups excluding carboxylic acids is 1. The highest BCUT2D eigenvalue weighted by Gasteiger charge is 2.64. The van der Waals surface area contributed by atoms with Crippen molar-refractivity contribution in [1.29, 1.82) is 0 Å². The molecule has 8 unspecified atom stereocenters. The number of rotatable bonds is 6. The molecule has 4 rings (SSSR count). The SMILES string of the molecule is CC(=O)OC1CCC2(C)C3CCC4(C)C(C(C)CCCC(C)C)CCC4C3CC[C@@]2(Cl)C1. The lowest BCUT2D eigenvalue weighted by atomic mass is 9.44. The highest BCUT2D eigenvalue weighted by molar-refractivity contribution is 6.24. The molecule has 184 valence electrons. The standard InChI is InChI=1S/C29H49ClO2/c1-19(2)8-7-9-20(3)24-10-11-25-23-13-17-29(30)18-22(32-21(4)31)12-16-28(29,6)26(23)14-15-27(24,25)5/h19-20,22-26H,7-18H2,1-6H3/t20?,22?,23?,24?,25?,26?,27?,28?,29-/m1/s1. The molecule has 0 aliphatic heterocycles. The maximum absolute atomic E-state index is 11.6. The van der Waals surface area contributed by atoms with Crippen molar-refractivity contribution in [2.45, 2.75) is 130 Å². The number of carbonyl (C=O) groups is 1. The lowest BCUT2D eigenvalue weighted by Crippen LogP contribution is -2.60. The molecule has 0 heterocycles. The molecule has 2 nitrogen and oxygen atoms in total. The Kier molecular flexibility index (Phi) is 7.06. The number of hydrogen-bond donors (Lipinski definition) is 0. The maximum Gasteiger partial charge on any atom is 0.302 e. The van der Waals surface area contributed by atoms with Crippen molar-refractivity contribution >= 4 is 17.6 Å². The molecule has 9 atom stereocenters. The van der Waals surface area contributed by atoms with Gasteiger partial charge in [0, 0.05) is 13.3 Å². The first-order chi connectivity index (χ1) is 15.0. The third-order valence-corrected chi connectivity index (χ3v) is 12.0. The quantitative estimate of drug-likeness (QED) is 0.291. The van der Waals surface area contributed by atoms with Gasteiger partial charge in [-0.1, -0.05) is 53.9 Å². The minimum Gasteiger partial charge on any atom is -0.462 e. The Labute approximate surface area is 203 Å². The van der Waals surface area contributed by atoms with Crippen LogP contribution in [0.3, 0.4) is 0 Å². The second-order valence-electron chi connectivity index (χ2n) is 13.3. The first-order valence-corrected chi connectivity index (χ1v) is 14.2. The normalized spacial score (nSPS) is 46.8. The molecule has 4 aliphatic carbocycles. The summed E-state index contributed by atoms with van der Waals surface area (Å²) in [6.45, 7) is 14.0. The van der Waals surface area contributed by atoms with Crippen LogP contribution in [0.4, 0.5) is 0 Å². The predicted octanol–water partition coefficient (Wildman–Crippen LogP) is 8.40. The molecule has 4 fully saturated rings. The first-order valence-electron chi connectivity index (χ1n) is 13.9. The van der Waals surface area contributed by atoms with Crippen LogP contribution in [-0.2, 0) is 9.53 Å². The monoisotopic (exact) mass is 464 g/mol. The van der Waals surface area contributed by atoms with Gasteiger partial charge < -0.3 is 4.74 Å². The van der Waals surface area contributed by atoms with Crippen molar-refractivity contribution in [2.75, 3.05) is 0 Å². The molecule has 0 aromatic heterocycles. The van der Waals surface area contributed by atoms with Gasteiger partial charge in [-0.05, 0) is 97.7 Å². The minimum atomic E-state index is -0.192. The predicted molar refractivity (Wildman–Crippen MR) is 134 cm³/mol. The largest absolute Gasteiger partial charge is 0.462 e. The number of hydrogen-bond acceptors (Lipinski definition) is 2. The third kappa shape index (κ3) is 4.18. The minimum absolute atomic E-state index is 0.0195. The second-order valence-corrected chi connectivity index (χ2v) is 14.0. The third-order valence-electron chi connectivity index (χ3n) is 11.2. The lowest BCUT2D eigenvalue weighted by Gasteiger charge is -2.64. The van der Waals surface area contributed by atoms with Gasteiger partial charge in [-0.3, -0.25) is 4.79 Å². The molecule has 0 amide bonds. The fraction of sp³-hybridized carbons (Fsp3) is 0.966. The van der Waals surface area contributed by atoms with Gasteiger partial charge in [-0.25, -0.2) is 0 Å². The Balaban J connectivity index is 1.47. The Morgan fingerprint density at radius 1 is 0.969 bits per heavy atom. The van der Waals surface area contributed by atoms with E-state index in [0.29, 0.717) is 5.41 Å². The van der Waals surface area contributed by atoms with E-state index in [0.717, 1.165) is 61.2 Å². The van der Waals surface area contributed by atoms with E-state index in [1.165, 1.54) is 58.3 Å². The molecule has 3 heteroatoms. The van der Waals surface area contributed by atoms with E-state index in [2.05, 4.69) is 34.6 Å². The molecule has 4 aliphatic rings. The van der Waals surface area contributed by atoms with E-state index in [-0.39, 0.29) is 22.4 Å². The molecular formula is C29H49ClO2. The maximum atomic E-state index is 11.6. The summed E-state index contributed by atoms with van der Waals surface area (Å²) in [7, 11) is 0. The second kappa shape index (κ2) is 9.09. The van der Waals surface area contributed by atoms with Gasteiger partial charge in [0.15, 0.2) is 0 Å². The zero-order valence-electron chi connectivity index (χ0n) is 21.7. The summed E-state index contributed by atoms with van der Waals surface area (Å²) in [6.07, 6.45) is 15.2. The van der Waals surface area contributed by atoms with Gasteiger partial charge in [0.05, 0.1) is 4.87 Å². The Morgan fingerprint density at radius 3 is 2.41 bits per heavy atom. The lowest BCUT2D eigenvalue weighted by molar-refractivity contribution is -0.157. The van der Waals surface area contributed by atoms with Crippen LogP contribution in [0.2, 0.25) is 0 Å². The summed E-state index contributed by atoms with van der Waals surface area (Å²) < 4.78 is 5.64. The van der Waals surface area contributed by atoms with Crippen LogP contribution < -0.4 is 0 Å². The Bertz CT molecular complexity index is 691. The smallest absolute Gasteiger partial charge is 0.302 e. The molecule has 0 aromatic carbocycles. The first kappa shape index (κ1) is 24.9. The number of ether oxygens (including phenoxy) is 1. The molecule has 32 heavy (non-hydrogen) atoms. The molecule has 0 spiro atoms. The molecule has 0 aromatic rings. The van der Waals surface area contributed by atoms with E-state index in [9.17, 15) is 4.79 Å². The average Bonchev–Trinajstić information content (AvgIpc) is 3.05. The summed E-state index contributed by atoms with van der Waals surface area (Å²) in [6, 6.07) is 0. The summed E-state index contributed by atoms with van der Waals surface area (Å²) in [5.41, 5.74) is 0.729. The van der Waals surface area contributed by atoms with Crippen molar-refractivity contribution in [1.82, 2.24) is 0 Å². The van der Waals surface area contributed by atoms with Gasteiger partial charge in [-0.15, -0.1) is 11.6 Å². The highest BCUT2D eigenvalue weighted by Crippen LogP contribution is 2.70. The zero-order valence-corrected chi connectivity index (χ0v) is 22.5. The van der Waals surface area contributed by atoms with Crippen LogP contribution >= 0.6 is 11.6 Å². The van der Waals surface area contributed by atoms with E-state index in [1.54, 1.807) is 0 Å². The van der Waals surface area contributed by atoms with Gasteiger partial charge >= 0.3 is 5.97 Å². The molecule has 0 saturated heterocycles. The van der Waals surface area contributed by atoms with Crippen LogP contribution in [0.1, 0.15) is 119 Å². The van der Waals surface area contributed by atoms with Crippen LogP contribution in [0.25, 0.3) is 0 Å². The highest BCUT2D eigenvalue weighted by atomic mass is 35.5. The topological polar surface area (TPSA) is 26.3 Å². The van der Waals surface area contributed by atoms with Gasteiger partial charge in [0.2, 0.25) is 0 Å². The van der Waals surface area contributed by atoms with Crippen molar-refractivity contribution in [2.24, 2.45) is 46.3 Å². The Hall–Kier alpha value is -0.240. The van der Waals surface area contributed by atoms with Crippen molar-refractivity contribution in [3.05, 3.63) is 0 Å². The van der Waals surface area contributed by atoms with Crippen LogP contribution in [-0.4, -0.2) is 16.9 Å². The summed E-state index contributed by atoms with van der Waals surface area (Å²) in [5.74, 6) is 4.95. The number of esters is 1. The summed E-state index contributed by atoms with van der Waals surface area (Å²) in [5, 5.41) is 0. The molecule has 0 N–H and O–H groups in total. The van der Waals surface area contributed by atoms with Crippen LogP contribution in [0.15, 0.2) is 0 Å². The molecule has 0 bridgehead atoms. The number of alkyl halides is 1. The van der Waals surface area contributed by atoms with Crippen LogP contribution in [0, 0.1) is 46.3 Å². The van der Waals surface area contributed by atoms with Crippen molar-refractivity contribution < 1.29 is 9.53 Å². The van der Waals surface area contributed by atoms with Gasteiger partial charge in [-0.2, -0.15) is 0 Å². The number of fused-ring (bicyclic) bond motifs is 5. The van der Waals surface area contributed by atoms with Crippen LogP contribution in [0.5, 0.6) is 0 Å². The Morgan fingerprint density at radius 2 is 1.72 bits per heavy atom.